The second kappa shape index (κ2) is 9.80. The van der Waals surface area contributed by atoms with E-state index in [1.54, 1.807) is 11.0 Å². The molecule has 2 aromatic carbocycles. The molecule has 0 spiro atoms. The molecular formula is C22H27N5O. The van der Waals surface area contributed by atoms with Crippen molar-refractivity contribution >= 4 is 5.91 Å². The largest absolute Gasteiger partial charge is 0.350 e. The fourth-order valence-electron chi connectivity index (χ4n) is 3.35. The zero-order chi connectivity index (χ0) is 19.8. The van der Waals surface area contributed by atoms with Crippen LogP contribution >= 0.6 is 0 Å². The maximum absolute atomic E-state index is 12.7. The molecular weight excluding hydrogens is 350 g/mol. The predicted octanol–water partition coefficient (Wildman–Crippen LogP) is 3.14. The number of nitrogens with one attached hydrogen (secondary N) is 1. The highest BCUT2D eigenvalue weighted by Crippen LogP contribution is 2.19. The molecule has 0 saturated heterocycles. The molecule has 1 atom stereocenters. The zero-order valence-corrected chi connectivity index (χ0v) is 16.5. The van der Waals surface area contributed by atoms with Crippen molar-refractivity contribution in [2.24, 2.45) is 0 Å². The average molecular weight is 377 g/mol. The molecule has 6 heteroatoms. The van der Waals surface area contributed by atoms with E-state index in [9.17, 15) is 4.79 Å². The van der Waals surface area contributed by atoms with Crippen molar-refractivity contribution in [3.63, 3.8) is 0 Å². The Morgan fingerprint density at radius 1 is 1.07 bits per heavy atom. The molecule has 1 amide bonds. The Morgan fingerprint density at radius 2 is 1.79 bits per heavy atom. The molecule has 28 heavy (non-hydrogen) atoms. The van der Waals surface area contributed by atoms with E-state index in [4.69, 9.17) is 0 Å². The first-order valence-electron chi connectivity index (χ1n) is 9.69. The highest BCUT2D eigenvalue weighted by atomic mass is 16.1. The van der Waals surface area contributed by atoms with Crippen molar-refractivity contribution in [2.45, 2.75) is 26.4 Å². The summed E-state index contributed by atoms with van der Waals surface area (Å²) >= 11 is 0. The summed E-state index contributed by atoms with van der Waals surface area (Å²) in [6, 6.07) is 18.1. The average Bonchev–Trinajstić information content (AvgIpc) is 3.25. The lowest BCUT2D eigenvalue weighted by atomic mass is 10.0. The van der Waals surface area contributed by atoms with Crippen molar-refractivity contribution in [1.29, 1.82) is 0 Å². The number of amides is 1. The minimum Gasteiger partial charge on any atom is -0.350 e. The summed E-state index contributed by atoms with van der Waals surface area (Å²) in [6.45, 7) is 7.38. The molecule has 3 rings (SSSR count). The monoisotopic (exact) mass is 377 g/mol. The van der Waals surface area contributed by atoms with Crippen molar-refractivity contribution in [2.75, 3.05) is 19.6 Å². The lowest BCUT2D eigenvalue weighted by Gasteiger charge is -2.30. The third kappa shape index (κ3) is 5.04. The van der Waals surface area contributed by atoms with Gasteiger partial charge in [-0.05, 0) is 36.3 Å². The van der Waals surface area contributed by atoms with E-state index in [2.05, 4.69) is 46.3 Å². The summed E-state index contributed by atoms with van der Waals surface area (Å²) < 4.78 is 1.75. The van der Waals surface area contributed by atoms with Gasteiger partial charge in [0.05, 0.1) is 12.6 Å². The summed E-state index contributed by atoms with van der Waals surface area (Å²) in [7, 11) is 0. The van der Waals surface area contributed by atoms with Crippen LogP contribution in [0.1, 0.15) is 41.4 Å². The predicted molar refractivity (Wildman–Crippen MR) is 110 cm³/mol. The number of hydrogen-bond donors (Lipinski definition) is 1. The molecule has 1 aromatic heterocycles. The summed E-state index contributed by atoms with van der Waals surface area (Å²) in [4.78, 5) is 19.0. The first-order valence-corrected chi connectivity index (χ1v) is 9.69. The lowest BCUT2D eigenvalue weighted by molar-refractivity contribution is 0.0935. The van der Waals surface area contributed by atoms with Gasteiger partial charge in [-0.2, -0.15) is 5.10 Å². The fourth-order valence-corrected chi connectivity index (χ4v) is 3.35. The Hall–Kier alpha value is -2.99. The van der Waals surface area contributed by atoms with Crippen molar-refractivity contribution in [3.8, 4) is 0 Å². The van der Waals surface area contributed by atoms with Gasteiger partial charge in [0, 0.05) is 12.1 Å². The number of likely N-dealkylation sites (N-methyl/N-ethyl adjacent to an activating group) is 1. The van der Waals surface area contributed by atoms with E-state index < -0.39 is 0 Å². The van der Waals surface area contributed by atoms with Gasteiger partial charge in [0.1, 0.15) is 12.7 Å². The normalized spacial score (nSPS) is 12.1. The van der Waals surface area contributed by atoms with Gasteiger partial charge in [0.15, 0.2) is 0 Å². The molecule has 0 fully saturated rings. The van der Waals surface area contributed by atoms with E-state index in [0.717, 1.165) is 18.7 Å². The van der Waals surface area contributed by atoms with Gasteiger partial charge in [-0.1, -0.05) is 56.3 Å². The van der Waals surface area contributed by atoms with Crippen LogP contribution in [0, 0.1) is 0 Å². The Bertz CT molecular complexity index is 842. The van der Waals surface area contributed by atoms with E-state index >= 15 is 0 Å². The number of benzene rings is 2. The van der Waals surface area contributed by atoms with Gasteiger partial charge in [-0.15, -0.1) is 0 Å². The minimum atomic E-state index is -0.0552. The zero-order valence-electron chi connectivity index (χ0n) is 16.5. The second-order valence-electron chi connectivity index (χ2n) is 6.65. The molecule has 1 N–H and O–H groups in total. The van der Waals surface area contributed by atoms with Gasteiger partial charge in [0.25, 0.3) is 5.91 Å². The molecule has 3 aromatic rings. The van der Waals surface area contributed by atoms with Crippen LogP contribution in [0.25, 0.3) is 0 Å². The maximum atomic E-state index is 12.7. The van der Waals surface area contributed by atoms with Crippen LogP contribution in [0.3, 0.4) is 0 Å². The summed E-state index contributed by atoms with van der Waals surface area (Å²) in [5, 5.41) is 7.20. The van der Waals surface area contributed by atoms with Gasteiger partial charge in [-0.3, -0.25) is 9.69 Å². The first-order chi connectivity index (χ1) is 13.7. The second-order valence-corrected chi connectivity index (χ2v) is 6.65. The van der Waals surface area contributed by atoms with Gasteiger partial charge in [-0.25, -0.2) is 9.67 Å². The Kier molecular flexibility index (Phi) is 6.92. The maximum Gasteiger partial charge on any atom is 0.251 e. The molecule has 0 saturated carbocycles. The lowest BCUT2D eigenvalue weighted by Crippen LogP contribution is -2.38. The molecule has 1 unspecified atom stereocenters. The van der Waals surface area contributed by atoms with E-state index in [1.165, 1.54) is 11.9 Å². The number of aromatic nitrogens is 3. The number of nitrogens with zero attached hydrogens (tertiary/aromatic N) is 4. The molecule has 0 aliphatic heterocycles. The molecule has 0 aliphatic carbocycles. The molecule has 0 radical (unpaired) electrons. The van der Waals surface area contributed by atoms with Crippen LogP contribution in [0.5, 0.6) is 0 Å². The Balaban J connectivity index is 1.63. The van der Waals surface area contributed by atoms with Gasteiger partial charge < -0.3 is 5.32 Å². The summed E-state index contributed by atoms with van der Waals surface area (Å²) in [5.74, 6) is -0.0552. The molecule has 0 aliphatic rings. The highest BCUT2D eigenvalue weighted by Gasteiger charge is 2.19. The molecule has 1 heterocycles. The number of carbonyl (C=O) groups excluding carboxylic acids is 1. The molecule has 6 nitrogen and oxygen atoms in total. The Morgan fingerprint density at radius 3 is 2.39 bits per heavy atom. The van der Waals surface area contributed by atoms with Gasteiger partial charge >= 0.3 is 0 Å². The van der Waals surface area contributed by atoms with E-state index in [1.807, 2.05) is 42.5 Å². The quantitative estimate of drug-likeness (QED) is 0.622. The smallest absolute Gasteiger partial charge is 0.251 e. The van der Waals surface area contributed by atoms with Crippen LogP contribution < -0.4 is 5.32 Å². The van der Waals surface area contributed by atoms with Crippen LogP contribution in [0.2, 0.25) is 0 Å². The number of carbonyl (C=O) groups is 1. The third-order valence-corrected chi connectivity index (χ3v) is 4.92. The first kappa shape index (κ1) is 19.8. The SMILES string of the molecule is CCN(CC)C(CNC(=O)c1ccc(Cn2cncn2)cc1)c1ccccc1. The fraction of sp³-hybridized carbons (Fsp3) is 0.318. The minimum absolute atomic E-state index is 0.0552. The third-order valence-electron chi connectivity index (χ3n) is 4.92. The summed E-state index contributed by atoms with van der Waals surface area (Å²) in [5.41, 5.74) is 2.95. The van der Waals surface area contributed by atoms with Crippen LogP contribution in [0.4, 0.5) is 0 Å². The van der Waals surface area contributed by atoms with Crippen molar-refractivity contribution < 1.29 is 4.79 Å². The topological polar surface area (TPSA) is 63.1 Å². The number of rotatable bonds is 9. The van der Waals surface area contributed by atoms with E-state index in [0.29, 0.717) is 18.7 Å². The molecule has 146 valence electrons. The Labute approximate surface area is 166 Å². The molecule has 0 bridgehead atoms. The summed E-state index contributed by atoms with van der Waals surface area (Å²) in [6.07, 6.45) is 3.19. The van der Waals surface area contributed by atoms with Crippen LogP contribution in [-0.4, -0.2) is 45.2 Å². The van der Waals surface area contributed by atoms with Crippen LogP contribution in [0.15, 0.2) is 67.3 Å². The van der Waals surface area contributed by atoms with Gasteiger partial charge in [0.2, 0.25) is 0 Å². The number of hydrogen-bond acceptors (Lipinski definition) is 4. The van der Waals surface area contributed by atoms with Crippen LogP contribution in [-0.2, 0) is 6.54 Å². The van der Waals surface area contributed by atoms with Crippen molar-refractivity contribution in [1.82, 2.24) is 25.0 Å². The van der Waals surface area contributed by atoms with E-state index in [-0.39, 0.29) is 11.9 Å². The standard InChI is InChI=1S/C22H27N5O/c1-3-26(4-2)21(19-8-6-5-7-9-19)14-24-22(28)20-12-10-18(11-13-20)15-27-17-23-16-25-27/h5-13,16-17,21H,3-4,14-15H2,1-2H3,(H,24,28). The highest BCUT2D eigenvalue weighted by molar-refractivity contribution is 5.94. The van der Waals surface area contributed by atoms with Crippen molar-refractivity contribution in [3.05, 3.63) is 83.9 Å².